The molecule has 1 N–H and O–H groups in total. The highest BCUT2D eigenvalue weighted by Crippen LogP contribution is 2.17. The average molecular weight is 314 g/mol. The van der Waals surface area contributed by atoms with E-state index in [1.165, 1.54) is 11.3 Å². The summed E-state index contributed by atoms with van der Waals surface area (Å²) >= 11 is 1.33. The SMILES string of the molecule is CCN/C(=N\S(=O)(=O)c1ccsc1)N1CC(CC)C=N1. The Morgan fingerprint density at radius 3 is 2.95 bits per heavy atom. The zero-order valence-electron chi connectivity index (χ0n) is 11.5. The van der Waals surface area contributed by atoms with Gasteiger partial charge in [-0.15, -0.1) is 4.40 Å². The molecular weight excluding hydrogens is 296 g/mol. The lowest BCUT2D eigenvalue weighted by Gasteiger charge is -2.18. The monoisotopic (exact) mass is 314 g/mol. The van der Waals surface area contributed by atoms with E-state index >= 15 is 0 Å². The van der Waals surface area contributed by atoms with Crippen LogP contribution in [-0.4, -0.2) is 38.7 Å². The zero-order chi connectivity index (χ0) is 14.6. The van der Waals surface area contributed by atoms with Crippen molar-refractivity contribution in [2.24, 2.45) is 15.4 Å². The smallest absolute Gasteiger partial charge is 0.286 e. The Balaban J connectivity index is 2.25. The quantitative estimate of drug-likeness (QED) is 0.678. The highest BCUT2D eigenvalue weighted by atomic mass is 32.2. The van der Waals surface area contributed by atoms with Crippen LogP contribution in [0.2, 0.25) is 0 Å². The van der Waals surface area contributed by atoms with E-state index in [0.717, 1.165) is 6.42 Å². The molecule has 0 saturated carbocycles. The number of nitrogens with zero attached hydrogens (tertiary/aromatic N) is 3. The van der Waals surface area contributed by atoms with E-state index < -0.39 is 10.0 Å². The third kappa shape index (κ3) is 3.37. The summed E-state index contributed by atoms with van der Waals surface area (Å²) in [5, 5.41) is 12.1. The largest absolute Gasteiger partial charge is 0.354 e. The fourth-order valence-corrected chi connectivity index (χ4v) is 3.75. The van der Waals surface area contributed by atoms with Crippen LogP contribution in [0.3, 0.4) is 0 Å². The number of guanidine groups is 1. The van der Waals surface area contributed by atoms with E-state index in [0.29, 0.717) is 19.0 Å². The second-order valence-corrected chi connectivity index (χ2v) is 6.78. The molecule has 0 spiro atoms. The zero-order valence-corrected chi connectivity index (χ0v) is 13.1. The molecule has 0 fully saturated rings. The number of nitrogens with one attached hydrogen (secondary N) is 1. The minimum atomic E-state index is -3.68. The Hall–Kier alpha value is -1.41. The van der Waals surface area contributed by atoms with Gasteiger partial charge in [-0.2, -0.15) is 24.9 Å². The van der Waals surface area contributed by atoms with Crippen LogP contribution < -0.4 is 5.32 Å². The van der Waals surface area contributed by atoms with Gasteiger partial charge in [0.25, 0.3) is 10.0 Å². The summed E-state index contributed by atoms with van der Waals surface area (Å²) in [4.78, 5) is 0.216. The van der Waals surface area contributed by atoms with E-state index in [-0.39, 0.29) is 10.9 Å². The lowest BCUT2D eigenvalue weighted by atomic mass is 10.1. The highest BCUT2D eigenvalue weighted by Gasteiger charge is 2.23. The first-order valence-electron chi connectivity index (χ1n) is 6.49. The van der Waals surface area contributed by atoms with Crippen molar-refractivity contribution in [1.82, 2.24) is 10.3 Å². The maximum Gasteiger partial charge on any atom is 0.286 e. The van der Waals surface area contributed by atoms with E-state index in [4.69, 9.17) is 0 Å². The van der Waals surface area contributed by atoms with Crippen LogP contribution in [0, 0.1) is 5.92 Å². The predicted molar refractivity (Wildman–Crippen MR) is 81.6 cm³/mol. The van der Waals surface area contributed by atoms with Crippen LogP contribution in [0.25, 0.3) is 0 Å². The molecule has 1 aliphatic rings. The van der Waals surface area contributed by atoms with Crippen LogP contribution >= 0.6 is 11.3 Å². The van der Waals surface area contributed by atoms with Crippen molar-refractivity contribution >= 4 is 33.5 Å². The Kier molecular flexibility index (Phi) is 4.77. The molecular formula is C12H18N4O2S2. The third-order valence-electron chi connectivity index (χ3n) is 2.93. The van der Waals surface area contributed by atoms with E-state index in [1.807, 2.05) is 13.1 Å². The third-order valence-corrected chi connectivity index (χ3v) is 5.02. The molecule has 1 aromatic heterocycles. The van der Waals surface area contributed by atoms with Gasteiger partial charge in [-0.05, 0) is 24.8 Å². The molecule has 0 aliphatic carbocycles. The normalized spacial score (nSPS) is 19.6. The number of hydrogen-bond acceptors (Lipinski definition) is 4. The van der Waals surface area contributed by atoms with E-state index in [2.05, 4.69) is 21.7 Å². The van der Waals surface area contributed by atoms with Gasteiger partial charge in [-0.1, -0.05) is 6.92 Å². The molecule has 110 valence electrons. The number of sulfonamides is 1. The molecule has 1 unspecified atom stereocenters. The van der Waals surface area contributed by atoms with Gasteiger partial charge >= 0.3 is 0 Å². The molecule has 0 radical (unpaired) electrons. The summed E-state index contributed by atoms with van der Waals surface area (Å²) in [5.74, 6) is 0.619. The van der Waals surface area contributed by atoms with E-state index in [9.17, 15) is 8.42 Å². The number of hydrogen-bond donors (Lipinski definition) is 1. The van der Waals surface area contributed by atoms with Gasteiger partial charge < -0.3 is 5.32 Å². The molecule has 20 heavy (non-hydrogen) atoms. The van der Waals surface area contributed by atoms with Crippen molar-refractivity contribution in [2.45, 2.75) is 25.2 Å². The van der Waals surface area contributed by atoms with Crippen molar-refractivity contribution in [3.63, 3.8) is 0 Å². The highest BCUT2D eigenvalue weighted by molar-refractivity contribution is 7.90. The van der Waals surface area contributed by atoms with Crippen LogP contribution in [-0.2, 0) is 10.0 Å². The molecule has 8 heteroatoms. The molecule has 0 amide bonds. The fourth-order valence-electron chi connectivity index (χ4n) is 1.76. The first-order chi connectivity index (χ1) is 9.56. The molecule has 1 aliphatic heterocycles. The molecule has 1 atom stereocenters. The molecule has 0 saturated heterocycles. The minimum absolute atomic E-state index is 0.216. The van der Waals surface area contributed by atoms with Crippen LogP contribution in [0.4, 0.5) is 0 Å². The summed E-state index contributed by atoms with van der Waals surface area (Å²) < 4.78 is 28.3. The summed E-state index contributed by atoms with van der Waals surface area (Å²) in [6, 6.07) is 1.55. The fraction of sp³-hybridized carbons (Fsp3) is 0.500. The molecule has 2 heterocycles. The van der Waals surface area contributed by atoms with Gasteiger partial charge in [0.1, 0.15) is 4.90 Å². The minimum Gasteiger partial charge on any atom is -0.354 e. The number of rotatable bonds is 4. The Bertz CT molecular complexity index is 593. The van der Waals surface area contributed by atoms with Gasteiger partial charge in [0, 0.05) is 24.1 Å². The predicted octanol–water partition coefficient (Wildman–Crippen LogP) is 1.73. The summed E-state index contributed by atoms with van der Waals surface area (Å²) in [7, 11) is -3.68. The second kappa shape index (κ2) is 6.36. The van der Waals surface area contributed by atoms with E-state index in [1.54, 1.807) is 21.8 Å². The second-order valence-electron chi connectivity index (χ2n) is 4.39. The van der Waals surface area contributed by atoms with Crippen LogP contribution in [0.1, 0.15) is 20.3 Å². The van der Waals surface area contributed by atoms with Crippen molar-refractivity contribution < 1.29 is 8.42 Å². The Morgan fingerprint density at radius 1 is 1.60 bits per heavy atom. The average Bonchev–Trinajstić information content (AvgIpc) is 3.09. The summed E-state index contributed by atoms with van der Waals surface area (Å²) in [6.07, 6.45) is 2.81. The maximum absolute atomic E-state index is 12.2. The first kappa shape index (κ1) is 15.0. The summed E-state index contributed by atoms with van der Waals surface area (Å²) in [5.41, 5.74) is 0. The first-order valence-corrected chi connectivity index (χ1v) is 8.87. The molecule has 2 rings (SSSR count). The van der Waals surface area contributed by atoms with Crippen molar-refractivity contribution in [3.05, 3.63) is 16.8 Å². The van der Waals surface area contributed by atoms with Gasteiger partial charge in [0.2, 0.25) is 5.96 Å². The number of hydrazone groups is 1. The van der Waals surface area contributed by atoms with Gasteiger partial charge in [0.05, 0.1) is 6.54 Å². The molecule has 1 aromatic rings. The lowest BCUT2D eigenvalue weighted by molar-refractivity contribution is 0.426. The Labute approximate surface area is 123 Å². The molecule has 6 nitrogen and oxygen atoms in total. The van der Waals surface area contributed by atoms with Crippen LogP contribution in [0.15, 0.2) is 31.2 Å². The number of thiophene rings is 1. The van der Waals surface area contributed by atoms with Gasteiger partial charge in [-0.3, -0.25) is 0 Å². The van der Waals surface area contributed by atoms with Gasteiger partial charge in [-0.25, -0.2) is 5.01 Å². The van der Waals surface area contributed by atoms with Gasteiger partial charge in [0.15, 0.2) is 0 Å². The van der Waals surface area contributed by atoms with Crippen molar-refractivity contribution in [1.29, 1.82) is 0 Å². The molecule has 0 bridgehead atoms. The summed E-state index contributed by atoms with van der Waals surface area (Å²) in [6.45, 7) is 5.21. The van der Waals surface area contributed by atoms with Crippen molar-refractivity contribution in [3.8, 4) is 0 Å². The van der Waals surface area contributed by atoms with Crippen molar-refractivity contribution in [2.75, 3.05) is 13.1 Å². The maximum atomic E-state index is 12.2. The Morgan fingerprint density at radius 2 is 2.40 bits per heavy atom. The molecule has 0 aromatic carbocycles. The van der Waals surface area contributed by atoms with Crippen LogP contribution in [0.5, 0.6) is 0 Å². The topological polar surface area (TPSA) is 74.1 Å². The lowest BCUT2D eigenvalue weighted by Crippen LogP contribution is -2.38. The standard InChI is InChI=1S/C12H18N4O2S2/c1-3-10-7-14-16(8-10)12(13-4-2)15-20(17,18)11-5-6-19-9-11/h5-7,9-10H,3-4,8H2,1-2H3,(H,13,15).